The van der Waals surface area contributed by atoms with E-state index in [2.05, 4.69) is 184 Å². The molecule has 0 saturated carbocycles. The Morgan fingerprint density at radius 3 is 0.796 bits per heavy atom. The predicted molar refractivity (Wildman–Crippen MR) is 419 cm³/mol. The molecule has 0 bridgehead atoms. The summed E-state index contributed by atoms with van der Waals surface area (Å²) in [5.41, 5.74) is 18.3. The van der Waals surface area contributed by atoms with Gasteiger partial charge in [0.15, 0.2) is 19.2 Å². The molecule has 3 heterocycles. The lowest BCUT2D eigenvalue weighted by atomic mass is 9.71. The minimum atomic E-state index is -4.47. The minimum absolute atomic E-state index is 0.0430. The van der Waals surface area contributed by atoms with Crippen molar-refractivity contribution in [3.8, 4) is 0 Å². The van der Waals surface area contributed by atoms with Gasteiger partial charge in [-0.05, 0) is 214 Å². The number of hydrogen-bond donors (Lipinski definition) is 0. The highest BCUT2D eigenvalue weighted by Crippen LogP contribution is 2.54. The van der Waals surface area contributed by atoms with Crippen molar-refractivity contribution in [1.29, 1.82) is 0 Å². The molecule has 3 aromatic rings. The highest BCUT2D eigenvalue weighted by Gasteiger charge is 2.46. The van der Waals surface area contributed by atoms with E-state index in [0.29, 0.717) is 19.3 Å². The topological polar surface area (TPSA) is 110 Å². The van der Waals surface area contributed by atoms with Gasteiger partial charge in [-0.2, -0.15) is 0 Å². The van der Waals surface area contributed by atoms with Crippen molar-refractivity contribution in [2.45, 2.75) is 389 Å². The molecule has 98 heavy (non-hydrogen) atoms. The van der Waals surface area contributed by atoms with Gasteiger partial charge in [-0.1, -0.05) is 260 Å². The smallest absolute Gasteiger partial charge is 0.475 e. The van der Waals surface area contributed by atoms with Crippen LogP contribution in [0.4, 0.5) is 0 Å². The average molecular weight is 1380 g/mol. The first-order chi connectivity index (χ1) is 45.8. The summed E-state index contributed by atoms with van der Waals surface area (Å²) in [6.45, 7) is 57.2. The number of rotatable bonds is 39. The predicted octanol–water partition coefficient (Wildman–Crippen LogP) is 23.9. The number of phosphoric ester groups is 1. The van der Waals surface area contributed by atoms with Gasteiger partial charge in [-0.15, -0.1) is 0 Å². The first-order valence-electron chi connectivity index (χ1n) is 39.3. The maximum atomic E-state index is 16.3. The zero-order valence-corrected chi connectivity index (χ0v) is 68.3. The van der Waals surface area contributed by atoms with Crippen LogP contribution < -0.4 is 0 Å². The normalized spacial score (nSPS) is 19.8. The van der Waals surface area contributed by atoms with Gasteiger partial charge in [0.05, 0.1) is 19.8 Å². The van der Waals surface area contributed by atoms with Crippen LogP contribution in [0.5, 0.6) is 0 Å². The van der Waals surface area contributed by atoms with Crippen LogP contribution in [-0.2, 0) is 103 Å². The van der Waals surface area contributed by atoms with Crippen molar-refractivity contribution in [1.82, 2.24) is 0 Å². The Kier molecular flexibility index (Phi) is 30.2. The lowest BCUT2D eigenvalue weighted by Crippen LogP contribution is -2.38. The zero-order chi connectivity index (χ0) is 72.6. The molecule has 3 aliphatic rings. The quantitative estimate of drug-likeness (QED) is 0.0413. The maximum Gasteiger partial charge on any atom is 0.475 e. The summed E-state index contributed by atoms with van der Waals surface area (Å²) in [4.78, 5) is 15.2. The van der Waals surface area contributed by atoms with Gasteiger partial charge in [0.25, 0.3) is 0 Å². The Hall–Kier alpha value is -3.82. The van der Waals surface area contributed by atoms with Gasteiger partial charge in [0.2, 0.25) is 0 Å². The van der Waals surface area contributed by atoms with Gasteiger partial charge < -0.3 is 14.2 Å². The molecule has 0 spiro atoms. The molecule has 11 heteroatoms. The van der Waals surface area contributed by atoms with Crippen LogP contribution in [0, 0.1) is 20.8 Å². The molecule has 3 atom stereocenters. The molecule has 0 aliphatic carbocycles. The largest absolute Gasteiger partial charge is 0.481 e. The Morgan fingerprint density at radius 2 is 0.592 bits per heavy atom. The van der Waals surface area contributed by atoms with Crippen LogP contribution in [0.25, 0.3) is 0 Å². The summed E-state index contributed by atoms with van der Waals surface area (Å²) in [6, 6.07) is 7.49. The molecule has 0 radical (unpaired) electrons. The second kappa shape index (κ2) is 35.6. The summed E-state index contributed by atoms with van der Waals surface area (Å²) in [5.74, 6) is 0. The van der Waals surface area contributed by atoms with Crippen molar-refractivity contribution in [3.05, 3.63) is 102 Å². The Labute approximate surface area is 601 Å². The van der Waals surface area contributed by atoms with E-state index in [1.54, 1.807) is 19.2 Å². The van der Waals surface area contributed by atoms with Gasteiger partial charge in [0, 0.05) is 0 Å². The molecule has 3 aromatic carbocycles. The van der Waals surface area contributed by atoms with E-state index in [9.17, 15) is 0 Å². The van der Waals surface area contributed by atoms with E-state index < -0.39 is 24.4 Å². The highest BCUT2D eigenvalue weighted by atomic mass is 31.2. The molecular weight excluding hydrogens is 1230 g/mol. The number of aliphatic imine (C=N–C) groups is 3. The first kappa shape index (κ1) is 83.1. The molecule has 0 amide bonds. The number of ether oxygens (including phenoxy) is 3. The second-order valence-electron chi connectivity index (χ2n) is 36.8. The van der Waals surface area contributed by atoms with E-state index in [4.69, 9.17) is 42.8 Å². The van der Waals surface area contributed by atoms with Crippen molar-refractivity contribution in [2.24, 2.45) is 15.0 Å². The maximum absolute atomic E-state index is 16.3. The van der Waals surface area contributed by atoms with Crippen LogP contribution in [0.15, 0.2) is 33.2 Å². The van der Waals surface area contributed by atoms with E-state index in [0.717, 1.165) is 38.5 Å². The van der Waals surface area contributed by atoms with Crippen LogP contribution >= 0.6 is 7.82 Å². The molecule has 554 valence electrons. The van der Waals surface area contributed by atoms with Gasteiger partial charge in [0.1, 0.15) is 36.4 Å². The molecule has 3 aliphatic heterocycles. The van der Waals surface area contributed by atoms with E-state index in [-0.39, 0.29) is 72.1 Å². The molecule has 3 unspecified atom stereocenters. The summed E-state index contributed by atoms with van der Waals surface area (Å²) in [6.07, 6.45) is 34.7. The molecule has 0 aromatic heterocycles. The summed E-state index contributed by atoms with van der Waals surface area (Å²) < 4.78 is 55.0. The molecule has 0 fully saturated rings. The van der Waals surface area contributed by atoms with Crippen molar-refractivity contribution in [2.75, 3.05) is 39.6 Å². The van der Waals surface area contributed by atoms with Crippen LogP contribution in [-0.4, -0.2) is 75.5 Å². The SMILES string of the molecule is CCCCCCCCc1c(C(C)(C)C)cc(CCC2(COP(=O)(OCC3(CCc4cc(C(C)(C)C)c(CCCCCCCC)c(C(C)(C)C)c4C)COC=N3)OCC3(CCc4cc(C(C)(C)C)c(CCCCCCCC)c(C(C)(C)C)c4C)COC=N3)COC=N2)c(C)c1C(C)(C)C. The number of unbranched alkanes of at least 4 members (excludes halogenated alkanes) is 15. The van der Waals surface area contributed by atoms with Crippen LogP contribution in [0.3, 0.4) is 0 Å². The molecular formula is C87H144N3O7P. The Morgan fingerprint density at radius 1 is 0.357 bits per heavy atom. The molecule has 6 rings (SSSR count). The number of nitrogens with zero attached hydrogens (tertiary/aromatic N) is 3. The van der Waals surface area contributed by atoms with E-state index >= 15 is 4.57 Å². The monoisotopic (exact) mass is 1370 g/mol. The van der Waals surface area contributed by atoms with E-state index in [1.165, 1.54) is 199 Å². The third-order valence-corrected chi connectivity index (χ3v) is 23.1. The Bertz CT molecular complexity index is 2840. The van der Waals surface area contributed by atoms with Crippen LogP contribution in [0.2, 0.25) is 0 Å². The van der Waals surface area contributed by atoms with Gasteiger partial charge in [-0.25, -0.2) is 19.5 Å². The number of benzene rings is 3. The van der Waals surface area contributed by atoms with Gasteiger partial charge >= 0.3 is 7.82 Å². The minimum Gasteiger partial charge on any atom is -0.481 e. The third kappa shape index (κ3) is 23.1. The number of hydrogen-bond acceptors (Lipinski definition) is 10. The molecule has 0 N–H and O–H groups in total. The zero-order valence-electron chi connectivity index (χ0n) is 67.4. The lowest BCUT2D eigenvalue weighted by Gasteiger charge is -2.35. The summed E-state index contributed by atoms with van der Waals surface area (Å²) in [7, 11) is -4.47. The second-order valence-corrected chi connectivity index (χ2v) is 38.5. The highest BCUT2D eigenvalue weighted by molar-refractivity contribution is 7.48. The summed E-state index contributed by atoms with van der Waals surface area (Å²) in [5, 5.41) is 0. The number of aryl methyl sites for hydroxylation is 3. The first-order valence-corrected chi connectivity index (χ1v) is 40.7. The van der Waals surface area contributed by atoms with Crippen molar-refractivity contribution in [3.63, 3.8) is 0 Å². The average Bonchev–Trinajstić information content (AvgIpc) is 0.826. The fourth-order valence-corrected chi connectivity index (χ4v) is 17.8. The third-order valence-electron chi connectivity index (χ3n) is 21.7. The van der Waals surface area contributed by atoms with Crippen LogP contribution in [0.1, 0.15) is 364 Å². The standard InChI is InChI=1S/C87H144N3O7P/c1-25-28-31-34-37-40-43-70-73(79(7,8)9)52-67(64(4)76(70)82(16,17)18)46-49-85(55-92-61-88-85)58-95-98(91,96-59-86(56-93-62-89-86)50-47-68-53-74(80(10,11)12)71(44-41-38-35-32-29-26-2)77(65(68)5)83(19,20)21)97-60-87(57-94-63-90-87)51-48-69-54-75(81(13,14)15)72(45-42-39-36-33-30-27-3)78(66(69)6)84(22,23)24/h52-54,61-63H,25-51,55-60H2,1-24H3. The fourth-order valence-electron chi connectivity index (χ4n) is 16.3. The molecule has 0 saturated heterocycles. The van der Waals surface area contributed by atoms with Crippen molar-refractivity contribution < 1.29 is 32.3 Å². The number of phosphoric acid groups is 1. The van der Waals surface area contributed by atoms with Gasteiger partial charge in [-0.3, -0.25) is 13.6 Å². The lowest BCUT2D eigenvalue weighted by molar-refractivity contribution is 0.0506. The van der Waals surface area contributed by atoms with Crippen molar-refractivity contribution >= 4 is 27.0 Å². The fraction of sp³-hybridized carbons (Fsp3) is 0.759. The van der Waals surface area contributed by atoms with E-state index in [1.807, 2.05) is 0 Å². The summed E-state index contributed by atoms with van der Waals surface area (Å²) >= 11 is 0. The Balaban J connectivity index is 1.36. The molecule has 10 nitrogen and oxygen atoms in total.